The standard InChI is InChI=1S/C12H13BrN2O2/c1-7(14)6-15-12(16)10-5-8-3-2-4-9(13)11(8)17-10/h2-5,7H,6,14H2,1H3,(H,15,16). The van der Waals surface area contributed by atoms with Crippen LogP contribution in [0.3, 0.4) is 0 Å². The predicted octanol–water partition coefficient (Wildman–Crippen LogP) is 2.27. The van der Waals surface area contributed by atoms with E-state index in [0.29, 0.717) is 17.9 Å². The molecular formula is C12H13BrN2O2. The molecule has 0 aliphatic carbocycles. The lowest BCUT2D eigenvalue weighted by Gasteiger charge is -2.05. The molecule has 0 aliphatic heterocycles. The van der Waals surface area contributed by atoms with Gasteiger partial charge in [0.05, 0.1) is 4.47 Å². The molecule has 5 heteroatoms. The second-order valence-corrected chi connectivity index (χ2v) is 4.81. The van der Waals surface area contributed by atoms with Crippen LogP contribution in [0, 0.1) is 0 Å². The van der Waals surface area contributed by atoms with Gasteiger partial charge in [-0.15, -0.1) is 0 Å². The first kappa shape index (κ1) is 12.1. The summed E-state index contributed by atoms with van der Waals surface area (Å²) in [5.74, 6) is 0.0537. The Morgan fingerprint density at radius 3 is 3.00 bits per heavy atom. The molecule has 3 N–H and O–H groups in total. The summed E-state index contributed by atoms with van der Waals surface area (Å²) < 4.78 is 6.33. The van der Waals surface area contributed by atoms with Crippen molar-refractivity contribution in [2.75, 3.05) is 6.54 Å². The van der Waals surface area contributed by atoms with Crippen LogP contribution in [0.25, 0.3) is 11.0 Å². The van der Waals surface area contributed by atoms with Crippen LogP contribution in [0.15, 0.2) is 33.2 Å². The van der Waals surface area contributed by atoms with Gasteiger partial charge >= 0.3 is 0 Å². The number of hydrogen-bond donors (Lipinski definition) is 2. The summed E-state index contributed by atoms with van der Waals surface area (Å²) in [6.45, 7) is 2.26. The summed E-state index contributed by atoms with van der Waals surface area (Å²) in [5, 5.41) is 3.60. The number of carbonyl (C=O) groups excluding carboxylic acids is 1. The lowest BCUT2D eigenvalue weighted by atomic mass is 10.2. The van der Waals surface area contributed by atoms with Crippen molar-refractivity contribution < 1.29 is 9.21 Å². The van der Waals surface area contributed by atoms with Crippen LogP contribution in [0.2, 0.25) is 0 Å². The number of amides is 1. The highest BCUT2D eigenvalue weighted by molar-refractivity contribution is 9.10. The Kier molecular flexibility index (Phi) is 3.49. The van der Waals surface area contributed by atoms with Crippen molar-refractivity contribution in [2.24, 2.45) is 5.73 Å². The summed E-state index contributed by atoms with van der Waals surface area (Å²) in [6.07, 6.45) is 0. The normalized spacial score (nSPS) is 12.6. The van der Waals surface area contributed by atoms with Crippen LogP contribution in [0.5, 0.6) is 0 Å². The highest BCUT2D eigenvalue weighted by Crippen LogP contribution is 2.26. The maximum atomic E-state index is 11.8. The third-order valence-electron chi connectivity index (χ3n) is 2.30. The van der Waals surface area contributed by atoms with Crippen molar-refractivity contribution >= 4 is 32.8 Å². The number of hydrogen-bond acceptors (Lipinski definition) is 3. The van der Waals surface area contributed by atoms with E-state index in [9.17, 15) is 4.79 Å². The second kappa shape index (κ2) is 4.89. The highest BCUT2D eigenvalue weighted by Gasteiger charge is 2.13. The molecule has 1 aromatic carbocycles. The minimum atomic E-state index is -0.245. The van der Waals surface area contributed by atoms with Gasteiger partial charge < -0.3 is 15.5 Å². The molecule has 0 saturated heterocycles. The molecule has 1 aromatic heterocycles. The Morgan fingerprint density at radius 1 is 1.59 bits per heavy atom. The number of nitrogens with one attached hydrogen (secondary N) is 1. The van der Waals surface area contributed by atoms with Crippen molar-refractivity contribution in [1.29, 1.82) is 0 Å². The summed E-state index contributed by atoms with van der Waals surface area (Å²) >= 11 is 3.38. The molecule has 2 aromatic rings. The van der Waals surface area contributed by atoms with Gasteiger partial charge in [-0.25, -0.2) is 0 Å². The Labute approximate surface area is 107 Å². The summed E-state index contributed by atoms with van der Waals surface area (Å²) in [6, 6.07) is 7.30. The van der Waals surface area contributed by atoms with E-state index in [1.807, 2.05) is 25.1 Å². The zero-order chi connectivity index (χ0) is 12.4. The number of furan rings is 1. The molecule has 1 atom stereocenters. The quantitative estimate of drug-likeness (QED) is 0.913. The average Bonchev–Trinajstić information content (AvgIpc) is 2.71. The molecule has 90 valence electrons. The van der Waals surface area contributed by atoms with Gasteiger partial charge in [0.1, 0.15) is 5.58 Å². The van der Waals surface area contributed by atoms with Crippen molar-refractivity contribution in [2.45, 2.75) is 13.0 Å². The third-order valence-corrected chi connectivity index (χ3v) is 2.93. The van der Waals surface area contributed by atoms with Gasteiger partial charge in [-0.05, 0) is 35.0 Å². The molecule has 0 aliphatic rings. The number of para-hydroxylation sites is 1. The molecule has 0 spiro atoms. The summed E-state index contributed by atoms with van der Waals surface area (Å²) in [7, 11) is 0. The molecule has 0 bridgehead atoms. The number of fused-ring (bicyclic) bond motifs is 1. The average molecular weight is 297 g/mol. The maximum absolute atomic E-state index is 11.8. The van der Waals surface area contributed by atoms with Crippen molar-refractivity contribution in [1.82, 2.24) is 5.32 Å². The van der Waals surface area contributed by atoms with Crippen LogP contribution >= 0.6 is 15.9 Å². The van der Waals surface area contributed by atoms with Crippen LogP contribution in [0.1, 0.15) is 17.5 Å². The molecule has 0 saturated carbocycles. The molecule has 1 unspecified atom stereocenters. The predicted molar refractivity (Wildman–Crippen MR) is 69.9 cm³/mol. The monoisotopic (exact) mass is 296 g/mol. The third kappa shape index (κ3) is 2.68. The number of carbonyl (C=O) groups is 1. The topological polar surface area (TPSA) is 68.3 Å². The van der Waals surface area contributed by atoms with E-state index in [1.165, 1.54) is 0 Å². The zero-order valence-electron chi connectivity index (χ0n) is 9.37. The van der Waals surface area contributed by atoms with Crippen molar-refractivity contribution in [3.8, 4) is 0 Å². The highest BCUT2D eigenvalue weighted by atomic mass is 79.9. The van der Waals surface area contributed by atoms with E-state index in [1.54, 1.807) is 6.07 Å². The molecule has 2 rings (SSSR count). The molecule has 17 heavy (non-hydrogen) atoms. The van der Waals surface area contributed by atoms with E-state index in [0.717, 1.165) is 9.86 Å². The van der Waals surface area contributed by atoms with E-state index in [2.05, 4.69) is 21.2 Å². The molecule has 4 nitrogen and oxygen atoms in total. The Hall–Kier alpha value is -1.33. The molecule has 0 fully saturated rings. The molecule has 0 radical (unpaired) electrons. The number of halogens is 1. The van der Waals surface area contributed by atoms with Gasteiger partial charge in [-0.1, -0.05) is 12.1 Å². The molecular weight excluding hydrogens is 284 g/mol. The fraction of sp³-hybridized carbons (Fsp3) is 0.250. The minimum Gasteiger partial charge on any atom is -0.450 e. The Bertz CT molecular complexity index is 548. The van der Waals surface area contributed by atoms with Gasteiger partial charge in [0.15, 0.2) is 5.76 Å². The van der Waals surface area contributed by atoms with Crippen LogP contribution < -0.4 is 11.1 Å². The first-order valence-electron chi connectivity index (χ1n) is 5.30. The van der Waals surface area contributed by atoms with Crippen molar-refractivity contribution in [3.05, 3.63) is 34.5 Å². The van der Waals surface area contributed by atoms with E-state index < -0.39 is 0 Å². The van der Waals surface area contributed by atoms with E-state index in [-0.39, 0.29) is 11.9 Å². The first-order valence-corrected chi connectivity index (χ1v) is 6.09. The SMILES string of the molecule is CC(N)CNC(=O)c1cc2cccc(Br)c2o1. The largest absolute Gasteiger partial charge is 0.450 e. The first-order chi connectivity index (χ1) is 8.08. The maximum Gasteiger partial charge on any atom is 0.287 e. The van der Waals surface area contributed by atoms with E-state index in [4.69, 9.17) is 10.2 Å². The van der Waals surface area contributed by atoms with Crippen molar-refractivity contribution in [3.63, 3.8) is 0 Å². The number of nitrogens with two attached hydrogens (primary N) is 1. The van der Waals surface area contributed by atoms with Gasteiger partial charge in [-0.3, -0.25) is 4.79 Å². The molecule has 1 amide bonds. The zero-order valence-corrected chi connectivity index (χ0v) is 11.0. The fourth-order valence-corrected chi connectivity index (χ4v) is 1.94. The Balaban J connectivity index is 2.24. The summed E-state index contributed by atoms with van der Waals surface area (Å²) in [4.78, 5) is 11.8. The number of rotatable bonds is 3. The van der Waals surface area contributed by atoms with Crippen LogP contribution in [-0.4, -0.2) is 18.5 Å². The Morgan fingerprint density at radius 2 is 2.35 bits per heavy atom. The van der Waals surface area contributed by atoms with Crippen LogP contribution in [0.4, 0.5) is 0 Å². The minimum absolute atomic E-state index is 0.0740. The second-order valence-electron chi connectivity index (χ2n) is 3.96. The summed E-state index contributed by atoms with van der Waals surface area (Å²) in [5.41, 5.74) is 6.24. The van der Waals surface area contributed by atoms with Gasteiger partial charge in [0.2, 0.25) is 0 Å². The van der Waals surface area contributed by atoms with Gasteiger partial charge in [-0.2, -0.15) is 0 Å². The van der Waals surface area contributed by atoms with Gasteiger partial charge in [0.25, 0.3) is 5.91 Å². The lowest BCUT2D eigenvalue weighted by Crippen LogP contribution is -2.34. The van der Waals surface area contributed by atoms with Crippen LogP contribution in [-0.2, 0) is 0 Å². The fourth-order valence-electron chi connectivity index (χ4n) is 1.48. The van der Waals surface area contributed by atoms with Gasteiger partial charge in [0, 0.05) is 18.0 Å². The molecule has 1 heterocycles. The van der Waals surface area contributed by atoms with E-state index >= 15 is 0 Å². The lowest BCUT2D eigenvalue weighted by molar-refractivity contribution is 0.0926. The smallest absolute Gasteiger partial charge is 0.287 e. The number of benzene rings is 1.